The number of hydrogen-bond donors (Lipinski definition) is 1. The fourth-order valence-corrected chi connectivity index (χ4v) is 4.60. The minimum absolute atomic E-state index is 0.0246. The van der Waals surface area contributed by atoms with Crippen molar-refractivity contribution in [3.8, 4) is 5.75 Å². The highest BCUT2D eigenvalue weighted by Crippen LogP contribution is 2.21. The molecule has 1 amide bonds. The van der Waals surface area contributed by atoms with Crippen LogP contribution < -0.4 is 10.2 Å². The number of hydrazone groups is 1. The zero-order valence-electron chi connectivity index (χ0n) is 18.3. The molecule has 0 bridgehead atoms. The Kier molecular flexibility index (Phi) is 9.06. The Balaban J connectivity index is 1.74. The average Bonchev–Trinajstić information content (AvgIpc) is 2.81. The van der Waals surface area contributed by atoms with Crippen LogP contribution in [-0.4, -0.2) is 38.0 Å². The number of rotatable bonds is 10. The van der Waals surface area contributed by atoms with Gasteiger partial charge >= 0.3 is 0 Å². The van der Waals surface area contributed by atoms with Crippen molar-refractivity contribution < 1.29 is 17.9 Å². The van der Waals surface area contributed by atoms with Crippen LogP contribution >= 0.6 is 23.2 Å². The molecule has 3 rings (SSSR count). The van der Waals surface area contributed by atoms with Crippen LogP contribution in [-0.2, 0) is 21.4 Å². The van der Waals surface area contributed by atoms with Crippen molar-refractivity contribution in [2.75, 3.05) is 13.2 Å². The van der Waals surface area contributed by atoms with E-state index >= 15 is 0 Å². The van der Waals surface area contributed by atoms with Gasteiger partial charge in [0.15, 0.2) is 0 Å². The van der Waals surface area contributed by atoms with Gasteiger partial charge in [-0.05, 0) is 78.7 Å². The van der Waals surface area contributed by atoms with Gasteiger partial charge in [0.1, 0.15) is 5.75 Å². The Hall–Kier alpha value is -2.91. The number of carbonyl (C=O) groups is 1. The molecule has 1 N–H and O–H groups in total. The molecule has 0 spiro atoms. The van der Waals surface area contributed by atoms with Crippen LogP contribution in [0.4, 0.5) is 0 Å². The highest BCUT2D eigenvalue weighted by Gasteiger charge is 2.27. The molecule has 0 saturated carbocycles. The van der Waals surface area contributed by atoms with E-state index in [4.69, 9.17) is 27.9 Å². The summed E-state index contributed by atoms with van der Waals surface area (Å²) >= 11 is 11.8. The Bertz CT molecular complexity index is 1230. The molecule has 0 fully saturated rings. The first-order chi connectivity index (χ1) is 16.3. The zero-order valence-corrected chi connectivity index (χ0v) is 20.6. The number of amides is 1. The Morgan fingerprint density at radius 2 is 1.56 bits per heavy atom. The second-order valence-corrected chi connectivity index (χ2v) is 9.96. The Morgan fingerprint density at radius 1 is 0.971 bits per heavy atom. The summed E-state index contributed by atoms with van der Waals surface area (Å²) in [5, 5.41) is 4.87. The zero-order chi connectivity index (χ0) is 24.6. The van der Waals surface area contributed by atoms with Crippen molar-refractivity contribution in [2.45, 2.75) is 18.4 Å². The molecule has 10 heteroatoms. The molecule has 0 aliphatic heterocycles. The number of sulfonamides is 1. The van der Waals surface area contributed by atoms with Gasteiger partial charge < -0.3 is 4.74 Å². The van der Waals surface area contributed by atoms with Crippen LogP contribution in [0.3, 0.4) is 0 Å². The standard InChI is InChI=1S/C24H23Cl2N3O4S/c1-2-33-22-11-5-18(6-12-22)15-27-28-24(30)17-29(16-19-3-7-20(25)8-4-19)34(31,32)23-13-9-21(26)10-14-23/h3-15H,2,16-17H2,1H3,(H,28,30)/b27-15-. The molecule has 0 heterocycles. The van der Waals surface area contributed by atoms with Crippen molar-refractivity contribution in [3.63, 3.8) is 0 Å². The minimum Gasteiger partial charge on any atom is -0.494 e. The lowest BCUT2D eigenvalue weighted by Gasteiger charge is -2.21. The number of hydrogen-bond acceptors (Lipinski definition) is 5. The molecule has 0 atom stereocenters. The first kappa shape index (κ1) is 25.7. The predicted octanol–water partition coefficient (Wildman–Crippen LogP) is 4.73. The molecule has 0 unspecified atom stereocenters. The first-order valence-corrected chi connectivity index (χ1v) is 12.5. The molecule has 178 valence electrons. The number of halogens is 2. The third kappa shape index (κ3) is 7.30. The smallest absolute Gasteiger partial charge is 0.255 e. The summed E-state index contributed by atoms with van der Waals surface area (Å²) < 4.78 is 33.0. The summed E-state index contributed by atoms with van der Waals surface area (Å²) in [4.78, 5) is 12.6. The van der Waals surface area contributed by atoms with Crippen LogP contribution in [0, 0.1) is 0 Å². The summed E-state index contributed by atoms with van der Waals surface area (Å²) in [5.74, 6) is 0.141. The van der Waals surface area contributed by atoms with Gasteiger partial charge in [0.25, 0.3) is 5.91 Å². The van der Waals surface area contributed by atoms with Gasteiger partial charge in [-0.3, -0.25) is 4.79 Å². The average molecular weight is 520 g/mol. The van der Waals surface area contributed by atoms with E-state index in [-0.39, 0.29) is 11.4 Å². The second-order valence-electron chi connectivity index (χ2n) is 7.15. The molecule has 34 heavy (non-hydrogen) atoms. The van der Waals surface area contributed by atoms with E-state index in [0.29, 0.717) is 22.2 Å². The Labute approximate surface area is 209 Å². The van der Waals surface area contributed by atoms with Gasteiger partial charge in [-0.1, -0.05) is 35.3 Å². The highest BCUT2D eigenvalue weighted by atomic mass is 35.5. The Morgan fingerprint density at radius 3 is 2.15 bits per heavy atom. The van der Waals surface area contributed by atoms with E-state index in [9.17, 15) is 13.2 Å². The van der Waals surface area contributed by atoms with Crippen molar-refractivity contribution in [3.05, 3.63) is 94.0 Å². The molecular formula is C24H23Cl2N3O4S. The summed E-state index contributed by atoms with van der Waals surface area (Å²) in [5.41, 5.74) is 3.80. The predicted molar refractivity (Wildman–Crippen MR) is 134 cm³/mol. The van der Waals surface area contributed by atoms with Crippen LogP contribution in [0.2, 0.25) is 10.0 Å². The van der Waals surface area contributed by atoms with E-state index in [1.165, 1.54) is 30.5 Å². The summed E-state index contributed by atoms with van der Waals surface area (Å²) in [7, 11) is -3.99. The van der Waals surface area contributed by atoms with Crippen LogP contribution in [0.15, 0.2) is 82.8 Å². The van der Waals surface area contributed by atoms with E-state index < -0.39 is 22.5 Å². The molecule has 0 aromatic heterocycles. The normalized spacial score (nSPS) is 11.6. The summed E-state index contributed by atoms with van der Waals surface area (Å²) in [6, 6.07) is 19.6. The summed E-state index contributed by atoms with van der Waals surface area (Å²) in [6.07, 6.45) is 1.46. The lowest BCUT2D eigenvalue weighted by molar-refractivity contribution is -0.121. The van der Waals surface area contributed by atoms with Crippen LogP contribution in [0.1, 0.15) is 18.1 Å². The van der Waals surface area contributed by atoms with Gasteiger partial charge in [-0.15, -0.1) is 0 Å². The maximum Gasteiger partial charge on any atom is 0.255 e. The molecule has 3 aromatic rings. The van der Waals surface area contributed by atoms with E-state index in [1.807, 2.05) is 6.92 Å². The van der Waals surface area contributed by atoms with Crippen molar-refractivity contribution in [1.29, 1.82) is 0 Å². The number of nitrogens with zero attached hydrogens (tertiary/aromatic N) is 2. The largest absolute Gasteiger partial charge is 0.494 e. The maximum absolute atomic E-state index is 13.3. The topological polar surface area (TPSA) is 88.1 Å². The summed E-state index contributed by atoms with van der Waals surface area (Å²) in [6.45, 7) is 2.00. The van der Waals surface area contributed by atoms with Crippen LogP contribution in [0.25, 0.3) is 0 Å². The maximum atomic E-state index is 13.3. The minimum atomic E-state index is -3.99. The van der Waals surface area contributed by atoms with E-state index in [1.54, 1.807) is 48.5 Å². The molecule has 0 aliphatic rings. The SMILES string of the molecule is CCOc1ccc(/C=N\NC(=O)CN(Cc2ccc(Cl)cc2)S(=O)(=O)c2ccc(Cl)cc2)cc1. The molecular weight excluding hydrogens is 497 g/mol. The number of benzene rings is 3. The molecule has 0 aliphatic carbocycles. The van der Waals surface area contributed by atoms with E-state index in [0.717, 1.165) is 15.6 Å². The van der Waals surface area contributed by atoms with Gasteiger partial charge in [0.2, 0.25) is 10.0 Å². The van der Waals surface area contributed by atoms with Crippen molar-refractivity contribution >= 4 is 45.3 Å². The van der Waals surface area contributed by atoms with Crippen LogP contribution in [0.5, 0.6) is 5.75 Å². The lowest BCUT2D eigenvalue weighted by atomic mass is 10.2. The second kappa shape index (κ2) is 12.0. The molecule has 0 radical (unpaired) electrons. The molecule has 3 aromatic carbocycles. The van der Waals surface area contributed by atoms with Crippen molar-refractivity contribution in [1.82, 2.24) is 9.73 Å². The fraction of sp³-hybridized carbons (Fsp3) is 0.167. The third-order valence-corrected chi connectivity index (χ3v) is 6.95. The van der Waals surface area contributed by atoms with Gasteiger partial charge in [0.05, 0.1) is 24.3 Å². The number of nitrogens with one attached hydrogen (secondary N) is 1. The van der Waals surface area contributed by atoms with Gasteiger partial charge in [-0.25, -0.2) is 13.8 Å². The van der Waals surface area contributed by atoms with Gasteiger partial charge in [-0.2, -0.15) is 9.41 Å². The third-order valence-electron chi connectivity index (χ3n) is 4.64. The lowest BCUT2D eigenvalue weighted by Crippen LogP contribution is -2.39. The van der Waals surface area contributed by atoms with E-state index in [2.05, 4.69) is 10.5 Å². The quantitative estimate of drug-likeness (QED) is 0.309. The fourth-order valence-electron chi connectivity index (χ4n) is 2.97. The molecule has 0 saturated heterocycles. The monoisotopic (exact) mass is 519 g/mol. The number of ether oxygens (including phenoxy) is 1. The molecule has 7 nitrogen and oxygen atoms in total. The van der Waals surface area contributed by atoms with Crippen molar-refractivity contribution in [2.24, 2.45) is 5.10 Å². The van der Waals surface area contributed by atoms with Gasteiger partial charge in [0, 0.05) is 16.6 Å². The first-order valence-electron chi connectivity index (χ1n) is 10.3. The number of carbonyl (C=O) groups excluding carboxylic acids is 1. The highest BCUT2D eigenvalue weighted by molar-refractivity contribution is 7.89.